The van der Waals surface area contributed by atoms with Crippen LogP contribution in [0.15, 0.2) is 55.8 Å². The smallest absolute Gasteiger partial charge is 0.410 e. The molecule has 3 rings (SSSR count). The Hall–Kier alpha value is -3.79. The summed E-state index contributed by atoms with van der Waals surface area (Å²) in [5.41, 5.74) is 1.07. The number of ether oxygens (including phenoxy) is 3. The topological polar surface area (TPSA) is 107 Å². The van der Waals surface area contributed by atoms with Crippen molar-refractivity contribution >= 4 is 51.8 Å². The molecule has 0 bridgehead atoms. The van der Waals surface area contributed by atoms with Gasteiger partial charge in [-0.25, -0.2) is 9.59 Å². The van der Waals surface area contributed by atoms with E-state index >= 15 is 0 Å². The van der Waals surface area contributed by atoms with Crippen LogP contribution < -0.4 is 5.32 Å². The number of fused-ring (bicyclic) bond motifs is 1. The molecule has 34 heavy (non-hydrogen) atoms. The Morgan fingerprint density at radius 1 is 1.24 bits per heavy atom. The highest BCUT2D eigenvalue weighted by atomic mass is 32.1. The molecule has 10 heteroatoms. The number of anilines is 1. The summed E-state index contributed by atoms with van der Waals surface area (Å²) in [4.78, 5) is 43.9. The monoisotopic (exact) mass is 483 g/mol. The van der Waals surface area contributed by atoms with Crippen molar-refractivity contribution in [2.24, 2.45) is 0 Å². The van der Waals surface area contributed by atoms with E-state index in [-0.39, 0.29) is 31.7 Å². The van der Waals surface area contributed by atoms with Gasteiger partial charge in [0.15, 0.2) is 5.05 Å². The third-order valence-electron chi connectivity index (χ3n) is 5.00. The fourth-order valence-corrected chi connectivity index (χ4v) is 3.75. The van der Waals surface area contributed by atoms with Crippen molar-refractivity contribution in [3.8, 4) is 0 Å². The molecule has 0 radical (unpaired) electrons. The van der Waals surface area contributed by atoms with Gasteiger partial charge in [-0.2, -0.15) is 0 Å². The molecule has 0 spiro atoms. The van der Waals surface area contributed by atoms with Crippen LogP contribution in [0.4, 0.5) is 10.5 Å². The first-order valence-electron chi connectivity index (χ1n) is 10.5. The minimum atomic E-state index is -0.875. The number of thiocarbonyl (C=S) groups is 1. The average Bonchev–Trinajstić information content (AvgIpc) is 3.24. The van der Waals surface area contributed by atoms with Crippen LogP contribution in [0.5, 0.6) is 0 Å². The van der Waals surface area contributed by atoms with Crippen LogP contribution in [-0.2, 0) is 19.0 Å². The molecule has 9 nitrogen and oxygen atoms in total. The molecule has 1 aromatic heterocycles. The Labute approximate surface area is 202 Å². The fraction of sp³-hybridized carbons (Fsp3) is 0.292. The number of hydrogen-bond acceptors (Lipinski definition) is 8. The first-order chi connectivity index (χ1) is 16.3. The van der Waals surface area contributed by atoms with Gasteiger partial charge in [0, 0.05) is 24.9 Å². The van der Waals surface area contributed by atoms with Gasteiger partial charge in [0.05, 0.1) is 23.3 Å². The van der Waals surface area contributed by atoms with E-state index in [1.165, 1.54) is 23.1 Å². The lowest BCUT2D eigenvalue weighted by Gasteiger charge is -2.23. The first-order valence-corrected chi connectivity index (χ1v) is 10.9. The number of carbonyl (C=O) groups excluding carboxylic acids is 3. The number of aromatic nitrogens is 1. The molecule has 0 unspecified atom stereocenters. The minimum absolute atomic E-state index is 0.00651. The van der Waals surface area contributed by atoms with Crippen molar-refractivity contribution < 1.29 is 28.6 Å². The molecule has 1 aromatic carbocycles. The molecule has 2 amide bonds. The van der Waals surface area contributed by atoms with Crippen molar-refractivity contribution in [1.82, 2.24) is 9.88 Å². The Balaban J connectivity index is 1.89. The number of benzene rings is 1. The summed E-state index contributed by atoms with van der Waals surface area (Å²) in [5, 5.41) is 3.76. The van der Waals surface area contributed by atoms with Crippen molar-refractivity contribution in [3.63, 3.8) is 0 Å². The second-order valence-corrected chi connectivity index (χ2v) is 8.05. The quantitative estimate of drug-likeness (QED) is 0.345. The third-order valence-corrected chi connectivity index (χ3v) is 5.10. The maximum absolute atomic E-state index is 13.3. The van der Waals surface area contributed by atoms with Crippen LogP contribution in [0.25, 0.3) is 10.9 Å². The summed E-state index contributed by atoms with van der Waals surface area (Å²) in [7, 11) is 0. The highest BCUT2D eigenvalue weighted by Gasteiger charge is 2.42. The summed E-state index contributed by atoms with van der Waals surface area (Å²) in [6, 6.07) is 5.70. The van der Waals surface area contributed by atoms with E-state index in [4.69, 9.17) is 26.4 Å². The number of rotatable bonds is 8. The van der Waals surface area contributed by atoms with E-state index in [0.29, 0.717) is 21.6 Å². The lowest BCUT2D eigenvalue weighted by atomic mass is 10.1. The maximum Gasteiger partial charge on any atom is 0.410 e. The Morgan fingerprint density at radius 3 is 2.68 bits per heavy atom. The van der Waals surface area contributed by atoms with Crippen molar-refractivity contribution in [1.29, 1.82) is 0 Å². The summed E-state index contributed by atoms with van der Waals surface area (Å²) in [6.45, 7) is 8.87. The number of nitrogens with one attached hydrogen (secondary N) is 1. The van der Waals surface area contributed by atoms with Gasteiger partial charge >= 0.3 is 12.1 Å². The highest BCUT2D eigenvalue weighted by Crippen LogP contribution is 2.28. The lowest BCUT2D eigenvalue weighted by Crippen LogP contribution is -2.43. The Bertz CT molecular complexity index is 1130. The Kier molecular flexibility index (Phi) is 8.31. The molecule has 2 heterocycles. The molecule has 2 aromatic rings. The largest absolute Gasteiger partial charge is 0.482 e. The van der Waals surface area contributed by atoms with Gasteiger partial charge < -0.3 is 19.5 Å². The number of amides is 2. The minimum Gasteiger partial charge on any atom is -0.482 e. The van der Waals surface area contributed by atoms with Gasteiger partial charge in [-0.05, 0) is 36.5 Å². The number of esters is 1. The molecule has 1 aliphatic heterocycles. The number of carbonyl (C=O) groups is 3. The molecule has 178 valence electrons. The average molecular weight is 484 g/mol. The van der Waals surface area contributed by atoms with E-state index in [2.05, 4.69) is 23.5 Å². The van der Waals surface area contributed by atoms with E-state index in [1.807, 2.05) is 0 Å². The zero-order valence-corrected chi connectivity index (χ0v) is 19.5. The molecule has 0 aliphatic carbocycles. The molecule has 2 atom stereocenters. The van der Waals surface area contributed by atoms with Crippen molar-refractivity contribution in [2.45, 2.75) is 25.5 Å². The van der Waals surface area contributed by atoms with E-state index in [1.54, 1.807) is 31.3 Å². The molecular weight excluding hydrogens is 458 g/mol. The molecule has 1 N–H and O–H groups in total. The van der Waals surface area contributed by atoms with Gasteiger partial charge in [-0.1, -0.05) is 25.3 Å². The number of likely N-dealkylation sites (tertiary alicyclic amines) is 1. The lowest BCUT2D eigenvalue weighted by molar-refractivity contribution is -0.120. The van der Waals surface area contributed by atoms with Gasteiger partial charge in [0.1, 0.15) is 25.4 Å². The second-order valence-electron chi connectivity index (χ2n) is 7.47. The summed E-state index contributed by atoms with van der Waals surface area (Å²) in [6.07, 6.45) is 3.58. The maximum atomic E-state index is 13.3. The van der Waals surface area contributed by atoms with E-state index in [0.717, 1.165) is 0 Å². The molecule has 0 saturated carbocycles. The van der Waals surface area contributed by atoms with Crippen molar-refractivity contribution in [3.05, 3.63) is 61.3 Å². The van der Waals surface area contributed by atoms with Crippen LogP contribution >= 0.6 is 12.2 Å². The van der Waals surface area contributed by atoms with E-state index in [9.17, 15) is 14.4 Å². The van der Waals surface area contributed by atoms with Crippen molar-refractivity contribution in [2.75, 3.05) is 25.1 Å². The van der Waals surface area contributed by atoms with Gasteiger partial charge in [0.2, 0.25) is 5.91 Å². The van der Waals surface area contributed by atoms with Crippen LogP contribution in [-0.4, -0.2) is 64.8 Å². The SMILES string of the molecule is C=CCOC(=O)c1cc(NC(=O)[C@@H]2C[C@H](OC(C)=S)CN2C(=O)OCC=C)c2cccnc2c1. The first kappa shape index (κ1) is 24.8. The zero-order chi connectivity index (χ0) is 24.7. The number of pyridine rings is 1. The number of hydrogen-bond donors (Lipinski definition) is 1. The summed E-state index contributed by atoms with van der Waals surface area (Å²) < 4.78 is 15.8. The summed E-state index contributed by atoms with van der Waals surface area (Å²) in [5.74, 6) is -1.05. The normalized spacial score (nSPS) is 17.0. The van der Waals surface area contributed by atoms with Crippen LogP contribution in [0.3, 0.4) is 0 Å². The predicted molar refractivity (Wildman–Crippen MR) is 131 cm³/mol. The van der Waals surface area contributed by atoms with Gasteiger partial charge in [-0.3, -0.25) is 14.7 Å². The summed E-state index contributed by atoms with van der Waals surface area (Å²) >= 11 is 5.01. The van der Waals surface area contributed by atoms with Gasteiger partial charge in [0.25, 0.3) is 0 Å². The molecule has 1 saturated heterocycles. The fourth-order valence-electron chi connectivity index (χ4n) is 3.62. The predicted octanol–water partition coefficient (Wildman–Crippen LogP) is 3.65. The van der Waals surface area contributed by atoms with E-state index < -0.39 is 30.1 Å². The molecule has 1 fully saturated rings. The van der Waals surface area contributed by atoms with Crippen LogP contribution in [0.2, 0.25) is 0 Å². The standard InChI is InChI=1S/C24H25N3O6S/c1-4-9-31-23(29)16-11-19-18(7-6-8-25-19)20(12-16)26-22(28)21-13-17(33-15(3)34)14-27(21)24(30)32-10-5-2/h4-8,11-12,17,21H,1-2,9-10,13-14H2,3H3,(H,26,28)/t17-,21-/m0/s1. The zero-order valence-electron chi connectivity index (χ0n) is 18.7. The van der Waals surface area contributed by atoms with Gasteiger partial charge in [-0.15, -0.1) is 0 Å². The second kappa shape index (κ2) is 11.4. The molecule has 1 aliphatic rings. The Morgan fingerprint density at radius 2 is 1.97 bits per heavy atom. The van der Waals surface area contributed by atoms with Crippen LogP contribution in [0.1, 0.15) is 23.7 Å². The molecular formula is C24H25N3O6S. The third kappa shape index (κ3) is 5.96. The number of nitrogens with zero attached hydrogens (tertiary/aromatic N) is 2. The van der Waals surface area contributed by atoms with Crippen LogP contribution in [0, 0.1) is 0 Å². The highest BCUT2D eigenvalue weighted by molar-refractivity contribution is 7.80.